The smallest absolute Gasteiger partial charge is 0.251 e. The highest BCUT2D eigenvalue weighted by molar-refractivity contribution is 5.26. The molecule has 1 aliphatic rings. The van der Waals surface area contributed by atoms with Gasteiger partial charge in [-0.05, 0) is 38.4 Å². The van der Waals surface area contributed by atoms with Crippen LogP contribution in [-0.4, -0.2) is 40.1 Å². The molecule has 23 heavy (non-hydrogen) atoms. The third-order valence-electron chi connectivity index (χ3n) is 4.25. The van der Waals surface area contributed by atoms with Crippen LogP contribution in [0.4, 0.5) is 0 Å². The molecule has 0 aliphatic carbocycles. The normalized spacial score (nSPS) is 18.8. The van der Waals surface area contributed by atoms with Crippen molar-refractivity contribution in [1.82, 2.24) is 19.9 Å². The van der Waals surface area contributed by atoms with E-state index in [1.54, 1.807) is 19.4 Å². The number of ether oxygens (including phenoxy) is 1. The molecule has 0 aromatic carbocycles. The highest BCUT2D eigenvalue weighted by Crippen LogP contribution is 2.27. The maximum Gasteiger partial charge on any atom is 0.251 e. The summed E-state index contributed by atoms with van der Waals surface area (Å²) in [6, 6.07) is 5.44. The first kappa shape index (κ1) is 15.7. The predicted molar refractivity (Wildman–Crippen MR) is 87.6 cm³/mol. The summed E-state index contributed by atoms with van der Waals surface area (Å²) < 4.78 is 5.38. The molecule has 0 radical (unpaired) electrons. The molecule has 1 saturated heterocycles. The number of aryl methyl sites for hydroxylation is 1. The van der Waals surface area contributed by atoms with Crippen molar-refractivity contribution in [2.75, 3.05) is 20.2 Å². The van der Waals surface area contributed by atoms with Crippen molar-refractivity contribution in [2.24, 2.45) is 0 Å². The molecule has 1 fully saturated rings. The van der Waals surface area contributed by atoms with Crippen LogP contribution < -0.4 is 10.3 Å². The van der Waals surface area contributed by atoms with Crippen LogP contribution in [0.15, 0.2) is 29.2 Å². The maximum atomic E-state index is 11.7. The van der Waals surface area contributed by atoms with E-state index in [0.717, 1.165) is 49.6 Å². The van der Waals surface area contributed by atoms with Crippen LogP contribution in [0.25, 0.3) is 0 Å². The second-order valence-corrected chi connectivity index (χ2v) is 5.98. The molecule has 6 heteroatoms. The summed E-state index contributed by atoms with van der Waals surface area (Å²) in [5, 5.41) is 0. The third-order valence-corrected chi connectivity index (χ3v) is 4.25. The quantitative estimate of drug-likeness (QED) is 0.933. The van der Waals surface area contributed by atoms with E-state index in [9.17, 15) is 4.79 Å². The summed E-state index contributed by atoms with van der Waals surface area (Å²) in [5.74, 6) is 1.79. The molecule has 3 heterocycles. The molecule has 0 saturated carbocycles. The fraction of sp³-hybridized carbons (Fsp3) is 0.471. The van der Waals surface area contributed by atoms with Crippen LogP contribution in [0.1, 0.15) is 36.0 Å². The van der Waals surface area contributed by atoms with Gasteiger partial charge in [-0.1, -0.05) is 0 Å². The lowest BCUT2D eigenvalue weighted by molar-refractivity contribution is 0.194. The van der Waals surface area contributed by atoms with Crippen molar-refractivity contribution in [3.8, 4) is 5.75 Å². The van der Waals surface area contributed by atoms with Gasteiger partial charge in [0.15, 0.2) is 0 Å². The highest BCUT2D eigenvalue weighted by Gasteiger charge is 2.24. The van der Waals surface area contributed by atoms with Gasteiger partial charge in [-0.25, -0.2) is 4.98 Å². The van der Waals surface area contributed by atoms with Gasteiger partial charge in [-0.3, -0.25) is 14.7 Å². The zero-order chi connectivity index (χ0) is 16.2. The molecular weight excluding hydrogens is 292 g/mol. The van der Waals surface area contributed by atoms with Crippen LogP contribution in [0, 0.1) is 6.92 Å². The number of aromatic nitrogens is 3. The number of nitrogens with zero attached hydrogens (tertiary/aromatic N) is 3. The van der Waals surface area contributed by atoms with Gasteiger partial charge in [-0.2, -0.15) is 0 Å². The summed E-state index contributed by atoms with van der Waals surface area (Å²) in [6.45, 7) is 4.49. The van der Waals surface area contributed by atoms with Crippen LogP contribution in [0.5, 0.6) is 5.75 Å². The number of nitrogens with one attached hydrogen (secondary N) is 1. The lowest BCUT2D eigenvalue weighted by Gasteiger charge is -2.32. The summed E-state index contributed by atoms with van der Waals surface area (Å²) >= 11 is 0. The molecule has 1 aliphatic heterocycles. The van der Waals surface area contributed by atoms with Gasteiger partial charge in [0, 0.05) is 31.3 Å². The lowest BCUT2D eigenvalue weighted by atomic mass is 9.94. The topological polar surface area (TPSA) is 71.1 Å². The summed E-state index contributed by atoms with van der Waals surface area (Å²) in [5.41, 5.74) is 1.77. The Kier molecular flexibility index (Phi) is 4.71. The Labute approximate surface area is 135 Å². The highest BCUT2D eigenvalue weighted by atomic mass is 16.5. The Morgan fingerprint density at radius 2 is 2.35 bits per heavy atom. The molecule has 2 aromatic heterocycles. The molecule has 1 atom stereocenters. The van der Waals surface area contributed by atoms with Gasteiger partial charge < -0.3 is 9.72 Å². The number of rotatable bonds is 4. The second kappa shape index (κ2) is 6.91. The molecule has 0 amide bonds. The van der Waals surface area contributed by atoms with Gasteiger partial charge in [0.25, 0.3) is 5.56 Å². The molecule has 0 bridgehead atoms. The maximum absolute atomic E-state index is 11.7. The SMILES string of the molecule is COc1cccnc1CN1CCCC(c2cc(=O)[nH]c(C)n2)C1. The van der Waals surface area contributed by atoms with E-state index in [0.29, 0.717) is 11.7 Å². The minimum atomic E-state index is -0.0731. The van der Waals surface area contributed by atoms with Crippen LogP contribution >= 0.6 is 0 Å². The average Bonchev–Trinajstić information content (AvgIpc) is 2.55. The number of hydrogen-bond acceptors (Lipinski definition) is 5. The van der Waals surface area contributed by atoms with Crippen molar-refractivity contribution in [1.29, 1.82) is 0 Å². The standard InChI is InChI=1S/C17H22N4O2/c1-12-19-14(9-17(22)20-12)13-5-4-8-21(10-13)11-15-16(23-2)6-3-7-18-15/h3,6-7,9,13H,4-5,8,10-11H2,1-2H3,(H,19,20,22). The van der Waals surface area contributed by atoms with Crippen LogP contribution in [0.2, 0.25) is 0 Å². The van der Waals surface area contributed by atoms with Gasteiger partial charge >= 0.3 is 0 Å². The zero-order valence-corrected chi connectivity index (χ0v) is 13.6. The number of aromatic amines is 1. The van der Waals surface area contributed by atoms with E-state index in [-0.39, 0.29) is 5.56 Å². The number of piperidine rings is 1. The monoisotopic (exact) mass is 314 g/mol. The molecule has 1 unspecified atom stereocenters. The van der Waals surface area contributed by atoms with Crippen LogP contribution in [0.3, 0.4) is 0 Å². The first-order valence-corrected chi connectivity index (χ1v) is 7.94. The first-order chi connectivity index (χ1) is 11.2. The number of hydrogen-bond donors (Lipinski definition) is 1. The second-order valence-electron chi connectivity index (χ2n) is 5.98. The van der Waals surface area contributed by atoms with Gasteiger partial charge in [0.2, 0.25) is 0 Å². The van der Waals surface area contributed by atoms with Crippen molar-refractivity contribution >= 4 is 0 Å². The molecular formula is C17H22N4O2. The molecule has 3 rings (SSSR count). The van der Waals surface area contributed by atoms with E-state index < -0.39 is 0 Å². The third kappa shape index (κ3) is 3.76. The Bertz CT molecular complexity index is 729. The number of H-pyrrole nitrogens is 1. The van der Waals surface area contributed by atoms with E-state index in [4.69, 9.17) is 4.74 Å². The first-order valence-electron chi connectivity index (χ1n) is 7.94. The number of methoxy groups -OCH3 is 1. The van der Waals surface area contributed by atoms with Gasteiger partial charge in [0.05, 0.1) is 18.5 Å². The summed E-state index contributed by atoms with van der Waals surface area (Å²) in [6.07, 6.45) is 3.94. The average molecular weight is 314 g/mol. The van der Waals surface area contributed by atoms with Crippen LogP contribution in [-0.2, 0) is 6.54 Å². The molecule has 0 spiro atoms. The van der Waals surface area contributed by atoms with Gasteiger partial charge in [0.1, 0.15) is 11.6 Å². The lowest BCUT2D eigenvalue weighted by Crippen LogP contribution is -2.35. The number of likely N-dealkylation sites (tertiary alicyclic amines) is 1. The van der Waals surface area contributed by atoms with E-state index in [2.05, 4.69) is 19.9 Å². The van der Waals surface area contributed by atoms with E-state index in [1.165, 1.54) is 0 Å². The van der Waals surface area contributed by atoms with Crippen molar-refractivity contribution in [2.45, 2.75) is 32.2 Å². The van der Waals surface area contributed by atoms with E-state index in [1.807, 2.05) is 19.1 Å². The van der Waals surface area contributed by atoms with Crippen molar-refractivity contribution in [3.05, 3.63) is 52.0 Å². The Hall–Kier alpha value is -2.21. The molecule has 6 nitrogen and oxygen atoms in total. The van der Waals surface area contributed by atoms with Crippen molar-refractivity contribution in [3.63, 3.8) is 0 Å². The number of pyridine rings is 1. The van der Waals surface area contributed by atoms with Crippen molar-refractivity contribution < 1.29 is 4.74 Å². The Morgan fingerprint density at radius 1 is 1.48 bits per heavy atom. The predicted octanol–water partition coefficient (Wildman–Crippen LogP) is 1.86. The fourth-order valence-corrected chi connectivity index (χ4v) is 3.19. The molecule has 122 valence electrons. The largest absolute Gasteiger partial charge is 0.495 e. The minimum Gasteiger partial charge on any atom is -0.495 e. The van der Waals surface area contributed by atoms with Gasteiger partial charge in [-0.15, -0.1) is 0 Å². The fourth-order valence-electron chi connectivity index (χ4n) is 3.19. The Balaban J connectivity index is 1.74. The molecule has 2 aromatic rings. The molecule has 1 N–H and O–H groups in total. The Morgan fingerprint density at radius 3 is 3.13 bits per heavy atom. The minimum absolute atomic E-state index is 0.0731. The summed E-state index contributed by atoms with van der Waals surface area (Å²) in [7, 11) is 1.67. The summed E-state index contributed by atoms with van der Waals surface area (Å²) in [4.78, 5) is 25.7. The van der Waals surface area contributed by atoms with E-state index >= 15 is 0 Å². The zero-order valence-electron chi connectivity index (χ0n) is 13.6.